The van der Waals surface area contributed by atoms with E-state index in [1.54, 1.807) is 13.8 Å². The van der Waals surface area contributed by atoms with Crippen LogP contribution in [0.4, 0.5) is 20.5 Å². The Labute approximate surface area is 289 Å². The maximum atomic E-state index is 16.3. The van der Waals surface area contributed by atoms with Crippen molar-refractivity contribution in [2.75, 3.05) is 24.3 Å². The number of nitrogens with zero attached hydrogens (tertiary/aromatic N) is 7. The van der Waals surface area contributed by atoms with E-state index in [-0.39, 0.29) is 34.1 Å². The number of halogens is 2. The summed E-state index contributed by atoms with van der Waals surface area (Å²) in [5.74, 6) is -1.09. The number of carbonyl (C=O) groups excluding carboxylic acids is 1. The quantitative estimate of drug-likeness (QED) is 0.146. The van der Waals surface area contributed by atoms with E-state index in [0.717, 1.165) is 17.2 Å². The van der Waals surface area contributed by atoms with Gasteiger partial charge in [-0.3, -0.25) is 42.6 Å². The van der Waals surface area contributed by atoms with Crippen LogP contribution in [0.15, 0.2) is 23.8 Å². The van der Waals surface area contributed by atoms with Gasteiger partial charge in [0.15, 0.2) is 47.4 Å². The maximum absolute atomic E-state index is 16.3. The van der Waals surface area contributed by atoms with Crippen LogP contribution in [-0.2, 0) is 48.7 Å². The highest BCUT2D eigenvalue weighted by molar-refractivity contribution is 8.44. The van der Waals surface area contributed by atoms with Crippen molar-refractivity contribution < 1.29 is 50.6 Å². The highest BCUT2D eigenvalue weighted by Crippen LogP contribution is 2.58. The van der Waals surface area contributed by atoms with Gasteiger partial charge in [0.05, 0.1) is 25.9 Å². The summed E-state index contributed by atoms with van der Waals surface area (Å²) < 4.78 is 81.8. The van der Waals surface area contributed by atoms with Gasteiger partial charge in [0, 0.05) is 5.92 Å². The van der Waals surface area contributed by atoms with E-state index in [0.29, 0.717) is 0 Å². The largest absolute Gasteiger partial charge is 0.386 e. The smallest absolute Gasteiger partial charge is 0.382 e. The Morgan fingerprint density at radius 2 is 1.64 bits per heavy atom. The van der Waals surface area contributed by atoms with E-state index >= 15 is 8.78 Å². The summed E-state index contributed by atoms with van der Waals surface area (Å²) in [7, 11) is 0. The number of ether oxygens (including phenoxy) is 2. The molecule has 0 aliphatic carbocycles. The average Bonchev–Trinajstić information content (AvgIpc) is 3.80. The number of amides is 1. The van der Waals surface area contributed by atoms with Gasteiger partial charge in [0.25, 0.3) is 5.56 Å². The minimum atomic E-state index is -4.48. The summed E-state index contributed by atoms with van der Waals surface area (Å²) in [4.78, 5) is 58.5. The van der Waals surface area contributed by atoms with Gasteiger partial charge in [-0.25, -0.2) is 33.3 Å². The lowest BCUT2D eigenvalue weighted by Gasteiger charge is -2.29. The third-order valence-electron chi connectivity index (χ3n) is 7.98. The van der Waals surface area contributed by atoms with Gasteiger partial charge in [-0.2, -0.15) is 4.98 Å². The van der Waals surface area contributed by atoms with Gasteiger partial charge in [-0.05, 0) is 11.8 Å². The molecule has 5 N–H and O–H groups in total. The van der Waals surface area contributed by atoms with E-state index in [2.05, 4.69) is 47.5 Å². The molecule has 3 fully saturated rings. The van der Waals surface area contributed by atoms with E-state index in [9.17, 15) is 19.0 Å². The van der Waals surface area contributed by atoms with Crippen LogP contribution in [0.25, 0.3) is 22.3 Å². The van der Waals surface area contributed by atoms with Crippen LogP contribution in [0.1, 0.15) is 26.3 Å². The normalized spacial score (nSPS) is 35.1. The lowest BCUT2D eigenvalue weighted by atomic mass is 10.1. The topological polar surface area (TPSA) is 255 Å². The number of anilines is 2. The third kappa shape index (κ3) is 6.58. The van der Waals surface area contributed by atoms with Gasteiger partial charge in [-0.1, -0.05) is 26.1 Å². The first-order valence-corrected chi connectivity index (χ1v) is 20.0. The predicted octanol–water partition coefficient (Wildman–Crippen LogP) is 1.68. The fourth-order valence-electron chi connectivity index (χ4n) is 5.55. The monoisotopic (exact) mass is 780 g/mol. The molecule has 0 aromatic carbocycles. The number of fused-ring (bicyclic) bond motifs is 4. The summed E-state index contributed by atoms with van der Waals surface area (Å²) in [6.07, 6.45) is -10.1. The molecule has 7 rings (SSSR count). The summed E-state index contributed by atoms with van der Waals surface area (Å²) in [6, 6.07) is 0. The number of rotatable bonds is 4. The number of aromatic amines is 1. The summed E-state index contributed by atoms with van der Waals surface area (Å²) in [5, 5.41) is 2.45. The number of imidazole rings is 2. The first kappa shape index (κ1) is 35.4. The highest BCUT2D eigenvalue weighted by atomic mass is 32.7. The van der Waals surface area contributed by atoms with Crippen molar-refractivity contribution in [3.05, 3.63) is 29.3 Å². The standard InChI is InChI=1S/C24H28F2N10O10P2S2/c1-8(2)20(37)33-24-32-19-14(21(38)34-24)31-7-36(19)23-12(26)16-10(44-23)4-42-47(39,49)45-15-9(3-41-48(40,50)46-16)43-22(11(15)25)35-6-30-13-17(27)28-5-29-18(13)35/h5-12,15-16,22-23H,3-4H2,1-2H3,(H,39,49)(H,40,50)(H2,27,28,29)(H2,32,33,34,37,38)/t9-,10?,11-,12-,15-,16-,22-,23-,47?,48?/m1/s1. The van der Waals surface area contributed by atoms with Crippen molar-refractivity contribution in [2.24, 2.45) is 5.92 Å². The zero-order chi connectivity index (χ0) is 35.7. The van der Waals surface area contributed by atoms with Crippen LogP contribution >= 0.6 is 25.8 Å². The van der Waals surface area contributed by atoms with Gasteiger partial charge < -0.3 is 24.6 Å². The maximum Gasteiger partial charge on any atom is 0.386 e. The molecule has 20 nitrogen and oxygen atoms in total. The van der Waals surface area contributed by atoms with Crippen LogP contribution in [0.5, 0.6) is 0 Å². The number of nitrogen functional groups attached to an aromatic ring is 1. The second-order valence-corrected chi connectivity index (χ2v) is 17.3. The lowest BCUT2D eigenvalue weighted by Crippen LogP contribution is -2.37. The van der Waals surface area contributed by atoms with E-state index in [1.807, 2.05) is 0 Å². The molecule has 7 heterocycles. The molecular formula is C24H28F2N10O10P2S2. The van der Waals surface area contributed by atoms with Crippen molar-refractivity contribution in [3.8, 4) is 0 Å². The number of thiol groups is 1. The number of hydrogen-bond acceptors (Lipinski definition) is 16. The fourth-order valence-corrected chi connectivity index (χ4v) is 8.47. The van der Waals surface area contributed by atoms with E-state index in [1.165, 1.54) is 10.9 Å². The highest BCUT2D eigenvalue weighted by Gasteiger charge is 2.54. The van der Waals surface area contributed by atoms with E-state index < -0.39 is 93.3 Å². The Bertz CT molecular complexity index is 2120. The lowest BCUT2D eigenvalue weighted by molar-refractivity contribution is -0.118. The number of carbonyl (C=O) groups is 1. The molecule has 4 aromatic rings. The summed E-state index contributed by atoms with van der Waals surface area (Å²) >= 11 is 9.17. The number of H-pyrrole nitrogens is 1. The molecule has 10 atom stereocenters. The molecule has 0 saturated carbocycles. The molecule has 50 heavy (non-hydrogen) atoms. The second-order valence-electron chi connectivity index (χ2n) is 11.7. The molecule has 4 aromatic heterocycles. The fraction of sp³-hybridized carbons (Fsp3) is 0.542. The van der Waals surface area contributed by atoms with Crippen LogP contribution in [0.3, 0.4) is 0 Å². The number of nitrogens with one attached hydrogen (secondary N) is 2. The minimum absolute atomic E-state index is 0.0351. The Balaban J connectivity index is 1.15. The molecule has 3 saturated heterocycles. The van der Waals surface area contributed by atoms with E-state index in [4.69, 9.17) is 45.1 Å². The Kier molecular flexibility index (Phi) is 9.33. The SMILES string of the molecule is CC(C)C(=O)Nc1nc2c(ncn2[C@@H]2OC3COP(O)(=S)O[C@H]4[C@@H](F)[C@H](n5cnc6c(N)ncnc65)O[C@@H]4COP(=O)(S)O[C@H]3[C@H]2F)c(=O)[nH]1. The van der Waals surface area contributed by atoms with Crippen LogP contribution in [0, 0.1) is 5.92 Å². The Hall–Kier alpha value is -3.02. The second kappa shape index (κ2) is 13.2. The van der Waals surface area contributed by atoms with Crippen molar-refractivity contribution >= 4 is 77.6 Å². The Morgan fingerprint density at radius 1 is 1.04 bits per heavy atom. The summed E-state index contributed by atoms with van der Waals surface area (Å²) in [6.45, 7) is -6.96. The summed E-state index contributed by atoms with van der Waals surface area (Å²) in [5.41, 5.74) is 5.02. The first-order chi connectivity index (χ1) is 23.6. The molecule has 3 unspecified atom stereocenters. The molecular weight excluding hydrogens is 752 g/mol. The van der Waals surface area contributed by atoms with Crippen LogP contribution < -0.4 is 16.6 Å². The first-order valence-electron chi connectivity index (χ1n) is 14.7. The predicted molar refractivity (Wildman–Crippen MR) is 174 cm³/mol. The molecule has 0 radical (unpaired) electrons. The van der Waals surface area contributed by atoms with Gasteiger partial charge in [-0.15, -0.1) is 0 Å². The zero-order valence-electron chi connectivity index (χ0n) is 25.7. The number of aromatic nitrogens is 8. The molecule has 0 spiro atoms. The van der Waals surface area contributed by atoms with Gasteiger partial charge in [0.2, 0.25) is 11.9 Å². The molecule has 26 heteroatoms. The number of hydrogen-bond donors (Lipinski definition) is 5. The molecule has 3 aliphatic rings. The van der Waals surface area contributed by atoms with Crippen molar-refractivity contribution in [2.45, 2.75) is 63.1 Å². The van der Waals surface area contributed by atoms with Gasteiger partial charge >= 0.3 is 13.5 Å². The molecule has 1 amide bonds. The number of nitrogens with two attached hydrogens (primary N) is 1. The van der Waals surface area contributed by atoms with Crippen molar-refractivity contribution in [1.29, 1.82) is 0 Å². The molecule has 270 valence electrons. The molecule has 0 bridgehead atoms. The minimum Gasteiger partial charge on any atom is -0.382 e. The third-order valence-corrected chi connectivity index (χ3v) is 11.2. The van der Waals surface area contributed by atoms with Crippen LogP contribution in [-0.4, -0.2) is 99.8 Å². The molecule has 3 aliphatic heterocycles. The van der Waals surface area contributed by atoms with Gasteiger partial charge in [0.1, 0.15) is 36.3 Å². The average molecular weight is 781 g/mol. The number of alkyl halides is 2. The Morgan fingerprint density at radius 3 is 2.30 bits per heavy atom. The van der Waals surface area contributed by atoms with Crippen molar-refractivity contribution in [1.82, 2.24) is 39.0 Å². The zero-order valence-corrected chi connectivity index (χ0v) is 29.2. The van der Waals surface area contributed by atoms with Crippen LogP contribution in [0.2, 0.25) is 0 Å². The van der Waals surface area contributed by atoms with Crippen molar-refractivity contribution in [3.63, 3.8) is 0 Å².